The largest absolute Gasteiger partial charge is 0.490 e. The molecule has 2 aliphatic heterocycles. The molecule has 2 aliphatic rings. The molecule has 0 saturated carbocycles. The van der Waals surface area contributed by atoms with Crippen LogP contribution in [-0.4, -0.2) is 30.7 Å². The van der Waals surface area contributed by atoms with Gasteiger partial charge in [-0.25, -0.2) is 0 Å². The van der Waals surface area contributed by atoms with Gasteiger partial charge in [0, 0.05) is 24.3 Å². The number of benzene rings is 1. The Kier molecular flexibility index (Phi) is 5.03. The van der Waals surface area contributed by atoms with Crippen molar-refractivity contribution in [2.75, 3.05) is 24.6 Å². The Balaban J connectivity index is 0.00000156. The molecule has 2 aromatic rings. The molecule has 23 heavy (non-hydrogen) atoms. The zero-order chi connectivity index (χ0) is 14.8. The highest BCUT2D eigenvalue weighted by atomic mass is 35.5. The molecule has 0 bridgehead atoms. The first-order valence-corrected chi connectivity index (χ1v) is 8.07. The number of hydrogen-bond donors (Lipinski definition) is 1. The fourth-order valence-corrected chi connectivity index (χ4v) is 3.34. The first-order chi connectivity index (χ1) is 10.9. The number of aromatic nitrogens is 1. The van der Waals surface area contributed by atoms with Crippen molar-refractivity contribution in [3.8, 4) is 5.75 Å². The van der Waals surface area contributed by atoms with Gasteiger partial charge in [0.1, 0.15) is 12.4 Å². The average molecular weight is 332 g/mol. The molecule has 1 atom stereocenters. The van der Waals surface area contributed by atoms with Gasteiger partial charge < -0.3 is 15.0 Å². The Morgan fingerprint density at radius 2 is 2.17 bits per heavy atom. The molecule has 122 valence electrons. The van der Waals surface area contributed by atoms with Crippen LogP contribution in [0.3, 0.4) is 0 Å². The third kappa shape index (κ3) is 3.43. The van der Waals surface area contributed by atoms with Gasteiger partial charge >= 0.3 is 0 Å². The number of pyridine rings is 1. The molecule has 3 heterocycles. The molecule has 4 rings (SSSR count). The third-order valence-corrected chi connectivity index (χ3v) is 4.51. The Bertz CT molecular complexity index is 658. The van der Waals surface area contributed by atoms with E-state index >= 15 is 0 Å². The van der Waals surface area contributed by atoms with Gasteiger partial charge in [0.15, 0.2) is 0 Å². The van der Waals surface area contributed by atoms with Crippen LogP contribution >= 0.6 is 12.4 Å². The standard InChI is InChI=1S/C18H21N3O.ClH/c1-2-6-18-14(4-1)7-9-21(18)16-10-17(12-19-11-16)22-13-15-5-3-8-20-15;/h1-2,4,6,10-12,15,20H,3,5,7-9,13H2;1H/t15-;/m0./s1. The molecular weight excluding hydrogens is 310 g/mol. The molecule has 1 aromatic heterocycles. The van der Waals surface area contributed by atoms with E-state index in [1.807, 2.05) is 6.20 Å². The van der Waals surface area contributed by atoms with Gasteiger partial charge in [0.05, 0.1) is 18.1 Å². The first kappa shape index (κ1) is 16.1. The van der Waals surface area contributed by atoms with E-state index < -0.39 is 0 Å². The van der Waals surface area contributed by atoms with Gasteiger partial charge in [-0.05, 0) is 37.4 Å². The van der Waals surface area contributed by atoms with E-state index in [-0.39, 0.29) is 12.4 Å². The summed E-state index contributed by atoms with van der Waals surface area (Å²) in [5.41, 5.74) is 3.81. The number of fused-ring (bicyclic) bond motifs is 1. The summed E-state index contributed by atoms with van der Waals surface area (Å²) in [7, 11) is 0. The van der Waals surface area contributed by atoms with Gasteiger partial charge in [-0.3, -0.25) is 4.98 Å². The lowest BCUT2D eigenvalue weighted by Crippen LogP contribution is -2.28. The number of ether oxygens (including phenoxy) is 1. The van der Waals surface area contributed by atoms with Crippen LogP contribution in [0.1, 0.15) is 18.4 Å². The quantitative estimate of drug-likeness (QED) is 0.932. The van der Waals surface area contributed by atoms with Crippen LogP contribution < -0.4 is 15.0 Å². The molecule has 0 spiro atoms. The van der Waals surface area contributed by atoms with Crippen LogP contribution in [0.2, 0.25) is 0 Å². The average Bonchev–Trinajstić information content (AvgIpc) is 3.23. The third-order valence-electron chi connectivity index (χ3n) is 4.51. The lowest BCUT2D eigenvalue weighted by atomic mass is 10.2. The first-order valence-electron chi connectivity index (χ1n) is 8.07. The van der Waals surface area contributed by atoms with Gasteiger partial charge in [-0.1, -0.05) is 18.2 Å². The minimum atomic E-state index is 0. The Hall–Kier alpha value is -1.78. The Labute approximate surface area is 143 Å². The van der Waals surface area contributed by atoms with E-state index in [1.54, 1.807) is 6.20 Å². The van der Waals surface area contributed by atoms with Crippen molar-refractivity contribution < 1.29 is 4.74 Å². The summed E-state index contributed by atoms with van der Waals surface area (Å²) < 4.78 is 5.93. The smallest absolute Gasteiger partial charge is 0.139 e. The maximum Gasteiger partial charge on any atom is 0.139 e. The van der Waals surface area contributed by atoms with Crippen molar-refractivity contribution in [1.82, 2.24) is 10.3 Å². The molecule has 1 aromatic carbocycles. The summed E-state index contributed by atoms with van der Waals surface area (Å²) in [5, 5.41) is 3.45. The molecule has 0 radical (unpaired) electrons. The molecule has 0 unspecified atom stereocenters. The van der Waals surface area contributed by atoms with E-state index in [9.17, 15) is 0 Å². The Morgan fingerprint density at radius 1 is 1.26 bits per heavy atom. The maximum atomic E-state index is 5.93. The minimum Gasteiger partial charge on any atom is -0.490 e. The number of nitrogens with zero attached hydrogens (tertiary/aromatic N) is 2. The highest BCUT2D eigenvalue weighted by Gasteiger charge is 2.20. The van der Waals surface area contributed by atoms with Crippen LogP contribution in [0, 0.1) is 0 Å². The monoisotopic (exact) mass is 331 g/mol. The topological polar surface area (TPSA) is 37.4 Å². The second kappa shape index (κ2) is 7.20. The molecule has 1 N–H and O–H groups in total. The van der Waals surface area contributed by atoms with Crippen LogP contribution in [0.25, 0.3) is 0 Å². The van der Waals surface area contributed by atoms with Gasteiger partial charge in [-0.2, -0.15) is 0 Å². The van der Waals surface area contributed by atoms with Crippen LogP contribution in [0.4, 0.5) is 11.4 Å². The van der Waals surface area contributed by atoms with Crippen molar-refractivity contribution in [2.45, 2.75) is 25.3 Å². The number of rotatable bonds is 4. The fraction of sp³-hybridized carbons (Fsp3) is 0.389. The Morgan fingerprint density at radius 3 is 3.04 bits per heavy atom. The molecule has 0 aliphatic carbocycles. The van der Waals surface area contributed by atoms with E-state index in [0.717, 1.165) is 37.6 Å². The number of halogens is 1. The zero-order valence-electron chi connectivity index (χ0n) is 13.1. The molecule has 4 nitrogen and oxygen atoms in total. The van der Waals surface area contributed by atoms with E-state index in [4.69, 9.17) is 4.74 Å². The summed E-state index contributed by atoms with van der Waals surface area (Å²) in [4.78, 5) is 6.68. The number of hydrogen-bond acceptors (Lipinski definition) is 4. The van der Waals surface area contributed by atoms with Crippen molar-refractivity contribution in [3.63, 3.8) is 0 Å². The van der Waals surface area contributed by atoms with Crippen LogP contribution in [0.15, 0.2) is 42.7 Å². The number of nitrogens with one attached hydrogen (secondary N) is 1. The minimum absolute atomic E-state index is 0. The van der Waals surface area contributed by atoms with Gasteiger partial charge in [0.2, 0.25) is 0 Å². The zero-order valence-corrected chi connectivity index (χ0v) is 13.9. The second-order valence-corrected chi connectivity index (χ2v) is 6.01. The highest BCUT2D eigenvalue weighted by molar-refractivity contribution is 5.85. The lowest BCUT2D eigenvalue weighted by molar-refractivity contribution is 0.276. The fourth-order valence-electron chi connectivity index (χ4n) is 3.34. The predicted octanol–water partition coefficient (Wildman–Crippen LogP) is 3.33. The van der Waals surface area contributed by atoms with Crippen molar-refractivity contribution in [1.29, 1.82) is 0 Å². The summed E-state index contributed by atoms with van der Waals surface area (Å²) >= 11 is 0. The van der Waals surface area contributed by atoms with Crippen molar-refractivity contribution in [3.05, 3.63) is 48.3 Å². The van der Waals surface area contributed by atoms with Gasteiger partial charge in [-0.15, -0.1) is 12.4 Å². The number of anilines is 2. The highest BCUT2D eigenvalue weighted by Crippen LogP contribution is 2.34. The summed E-state index contributed by atoms with van der Waals surface area (Å²) in [6, 6.07) is 11.2. The van der Waals surface area contributed by atoms with E-state index in [0.29, 0.717) is 6.04 Å². The van der Waals surface area contributed by atoms with Crippen LogP contribution in [-0.2, 0) is 6.42 Å². The van der Waals surface area contributed by atoms with E-state index in [2.05, 4.69) is 45.5 Å². The molecular formula is C18H22ClN3O. The normalized spacial score (nSPS) is 19.3. The van der Waals surface area contributed by atoms with Crippen molar-refractivity contribution >= 4 is 23.8 Å². The van der Waals surface area contributed by atoms with Crippen molar-refractivity contribution in [2.24, 2.45) is 0 Å². The van der Waals surface area contributed by atoms with Crippen LogP contribution in [0.5, 0.6) is 5.75 Å². The maximum absolute atomic E-state index is 5.93. The molecule has 1 fully saturated rings. The van der Waals surface area contributed by atoms with E-state index in [1.165, 1.54) is 24.1 Å². The number of para-hydroxylation sites is 1. The SMILES string of the molecule is Cl.c1ccc2c(c1)CCN2c1cncc(OC[C@@H]2CCCN2)c1. The molecule has 1 saturated heterocycles. The predicted molar refractivity (Wildman–Crippen MR) is 95.2 cm³/mol. The second-order valence-electron chi connectivity index (χ2n) is 6.01. The summed E-state index contributed by atoms with van der Waals surface area (Å²) in [6.07, 6.45) is 7.26. The lowest BCUT2D eigenvalue weighted by Gasteiger charge is -2.20. The molecule has 5 heteroatoms. The molecule has 0 amide bonds. The summed E-state index contributed by atoms with van der Waals surface area (Å²) in [6.45, 7) is 2.84. The van der Waals surface area contributed by atoms with Gasteiger partial charge in [0.25, 0.3) is 0 Å². The summed E-state index contributed by atoms with van der Waals surface area (Å²) in [5.74, 6) is 0.857.